The van der Waals surface area contributed by atoms with E-state index < -0.39 is 5.97 Å². The first-order valence-electron chi connectivity index (χ1n) is 11.3. The fourth-order valence-corrected chi connectivity index (χ4v) is 4.09. The molecule has 0 radical (unpaired) electrons. The fraction of sp³-hybridized carbons (Fsp3) is 0.400. The van der Waals surface area contributed by atoms with Gasteiger partial charge in [-0.3, -0.25) is 14.7 Å². The molecular formula is C25H29FN4O2. The van der Waals surface area contributed by atoms with E-state index in [0.29, 0.717) is 19.6 Å². The monoisotopic (exact) mass is 436 g/mol. The van der Waals surface area contributed by atoms with Gasteiger partial charge in [-0.15, -0.1) is 0 Å². The number of imidazole rings is 1. The number of nitrogens with zero attached hydrogens (tertiary/aromatic N) is 4. The molecule has 1 aliphatic heterocycles. The number of carboxylic acids is 1. The Hall–Kier alpha value is -3.06. The van der Waals surface area contributed by atoms with Gasteiger partial charge in [0.1, 0.15) is 5.82 Å². The lowest BCUT2D eigenvalue weighted by molar-refractivity contribution is -0.147. The minimum absolute atomic E-state index is 0.179. The van der Waals surface area contributed by atoms with Gasteiger partial charge in [0.2, 0.25) is 0 Å². The van der Waals surface area contributed by atoms with Crippen molar-refractivity contribution in [2.45, 2.75) is 46.1 Å². The van der Waals surface area contributed by atoms with Crippen molar-refractivity contribution in [2.24, 2.45) is 5.92 Å². The number of aliphatic carboxylic acids is 1. The molecule has 0 spiro atoms. The summed E-state index contributed by atoms with van der Waals surface area (Å²) in [5, 5.41) is 9.04. The van der Waals surface area contributed by atoms with E-state index in [1.165, 1.54) is 0 Å². The van der Waals surface area contributed by atoms with E-state index in [4.69, 9.17) is 10.1 Å². The fourth-order valence-electron chi connectivity index (χ4n) is 4.09. The first-order valence-corrected chi connectivity index (χ1v) is 11.3. The molecule has 6 nitrogen and oxygen atoms in total. The number of hydrogen-bond acceptors (Lipinski definition) is 4. The van der Waals surface area contributed by atoms with Crippen LogP contribution in [-0.4, -0.2) is 43.6 Å². The van der Waals surface area contributed by atoms with E-state index in [1.807, 2.05) is 35.0 Å². The molecule has 1 aliphatic rings. The Morgan fingerprint density at radius 1 is 1.22 bits per heavy atom. The number of pyridine rings is 1. The highest BCUT2D eigenvalue weighted by Gasteiger charge is 2.32. The molecule has 3 aromatic rings. The van der Waals surface area contributed by atoms with E-state index in [1.54, 1.807) is 12.4 Å². The Labute approximate surface area is 187 Å². The van der Waals surface area contributed by atoms with Crippen molar-refractivity contribution >= 4 is 5.97 Å². The summed E-state index contributed by atoms with van der Waals surface area (Å²) in [5.74, 6) is -1.18. The number of halogens is 1. The van der Waals surface area contributed by atoms with Crippen molar-refractivity contribution < 1.29 is 14.3 Å². The van der Waals surface area contributed by atoms with Crippen molar-refractivity contribution in [1.29, 1.82) is 0 Å². The molecule has 7 heteroatoms. The first kappa shape index (κ1) is 22.1. The quantitative estimate of drug-likeness (QED) is 0.535. The summed E-state index contributed by atoms with van der Waals surface area (Å²) >= 11 is 0. The highest BCUT2D eigenvalue weighted by atomic mass is 19.1. The number of aryl methyl sites for hydroxylation is 2. The maximum atomic E-state index is 14.5. The normalized spacial score (nSPS) is 14.5. The molecule has 1 fully saturated rings. The SMILES string of the molecule is CCCCc1ccc(-c2cn(-c3ccc(CN4CC(C(=O)O)C4)nc3CC)cn2)cc1F. The smallest absolute Gasteiger partial charge is 0.309 e. The molecule has 32 heavy (non-hydrogen) atoms. The van der Waals surface area contributed by atoms with Crippen molar-refractivity contribution in [1.82, 2.24) is 19.4 Å². The molecule has 0 bridgehead atoms. The van der Waals surface area contributed by atoms with Crippen LogP contribution >= 0.6 is 0 Å². The topological polar surface area (TPSA) is 71.2 Å². The van der Waals surface area contributed by atoms with Crippen LogP contribution in [0.25, 0.3) is 16.9 Å². The number of unbranched alkanes of at least 4 members (excludes halogenated alkanes) is 1. The van der Waals surface area contributed by atoms with Crippen LogP contribution in [0.1, 0.15) is 43.6 Å². The Kier molecular flexibility index (Phi) is 6.65. The van der Waals surface area contributed by atoms with E-state index in [2.05, 4.69) is 23.7 Å². The number of carboxylic acid groups (broad SMARTS) is 1. The predicted molar refractivity (Wildman–Crippen MR) is 121 cm³/mol. The summed E-state index contributed by atoms with van der Waals surface area (Å²) in [6, 6.07) is 9.36. The molecule has 3 heterocycles. The van der Waals surface area contributed by atoms with E-state index >= 15 is 0 Å². The van der Waals surface area contributed by atoms with Crippen LogP contribution in [0.15, 0.2) is 42.9 Å². The molecule has 0 aliphatic carbocycles. The molecule has 1 saturated heterocycles. The molecule has 1 N–H and O–H groups in total. The Morgan fingerprint density at radius 2 is 2.03 bits per heavy atom. The van der Waals surface area contributed by atoms with Gasteiger partial charge in [-0.05, 0) is 43.0 Å². The Morgan fingerprint density at radius 3 is 2.72 bits per heavy atom. The molecule has 168 valence electrons. The Balaban J connectivity index is 1.50. The second-order valence-corrected chi connectivity index (χ2v) is 8.43. The number of carbonyl (C=O) groups is 1. The third-order valence-electron chi connectivity index (χ3n) is 6.04. The zero-order valence-corrected chi connectivity index (χ0v) is 18.6. The number of benzene rings is 1. The highest BCUT2D eigenvalue weighted by Crippen LogP contribution is 2.24. The molecule has 1 aromatic carbocycles. The summed E-state index contributed by atoms with van der Waals surface area (Å²) in [7, 11) is 0. The van der Waals surface area contributed by atoms with Crippen LogP contribution in [0.3, 0.4) is 0 Å². The summed E-state index contributed by atoms with van der Waals surface area (Å²) in [4.78, 5) is 22.4. The molecule has 0 unspecified atom stereocenters. The van der Waals surface area contributed by atoms with Gasteiger partial charge >= 0.3 is 5.97 Å². The highest BCUT2D eigenvalue weighted by molar-refractivity contribution is 5.71. The number of likely N-dealkylation sites (tertiary alicyclic amines) is 1. The maximum absolute atomic E-state index is 14.5. The standard InChI is InChI=1S/C25H29FN4O2/c1-3-5-6-17-7-8-18(11-21(17)26)23-15-30(16-27-23)24-10-9-20(28-22(24)4-2)14-29-12-19(13-29)25(31)32/h7-11,15-16,19H,3-6,12-14H2,1-2H3,(H,31,32). The van der Waals surface area contributed by atoms with Gasteiger partial charge in [-0.2, -0.15) is 0 Å². The molecular weight excluding hydrogens is 407 g/mol. The minimum Gasteiger partial charge on any atom is -0.481 e. The number of aromatic nitrogens is 3. The molecule has 2 aromatic heterocycles. The average molecular weight is 437 g/mol. The van der Waals surface area contributed by atoms with Gasteiger partial charge in [0.25, 0.3) is 0 Å². The maximum Gasteiger partial charge on any atom is 0.309 e. The molecule has 0 saturated carbocycles. The largest absolute Gasteiger partial charge is 0.481 e. The molecule has 0 amide bonds. The summed E-state index contributed by atoms with van der Waals surface area (Å²) in [6.45, 7) is 5.94. The summed E-state index contributed by atoms with van der Waals surface area (Å²) in [5.41, 5.74) is 5.05. The lowest BCUT2D eigenvalue weighted by Crippen LogP contribution is -2.49. The van der Waals surface area contributed by atoms with Crippen LogP contribution < -0.4 is 0 Å². The summed E-state index contributed by atoms with van der Waals surface area (Å²) in [6.07, 6.45) is 7.17. The van der Waals surface area contributed by atoms with Gasteiger partial charge in [-0.1, -0.05) is 32.4 Å². The average Bonchev–Trinajstić information content (AvgIpc) is 3.24. The summed E-state index contributed by atoms with van der Waals surface area (Å²) < 4.78 is 16.4. The van der Waals surface area contributed by atoms with Gasteiger partial charge in [0, 0.05) is 31.4 Å². The molecule has 0 atom stereocenters. The second-order valence-electron chi connectivity index (χ2n) is 8.43. The van der Waals surface area contributed by atoms with Crippen LogP contribution in [0.2, 0.25) is 0 Å². The second kappa shape index (κ2) is 9.61. The number of rotatable bonds is 9. The van der Waals surface area contributed by atoms with Crippen molar-refractivity contribution in [3.05, 3.63) is 65.6 Å². The third-order valence-corrected chi connectivity index (χ3v) is 6.04. The van der Waals surface area contributed by atoms with Gasteiger partial charge in [0.15, 0.2) is 0 Å². The van der Waals surface area contributed by atoms with Crippen LogP contribution in [0, 0.1) is 11.7 Å². The molecule has 4 rings (SSSR count). The van der Waals surface area contributed by atoms with Crippen molar-refractivity contribution in [2.75, 3.05) is 13.1 Å². The van der Waals surface area contributed by atoms with E-state index in [-0.39, 0.29) is 11.7 Å². The van der Waals surface area contributed by atoms with Crippen LogP contribution in [-0.2, 0) is 24.2 Å². The van der Waals surface area contributed by atoms with E-state index in [9.17, 15) is 9.18 Å². The van der Waals surface area contributed by atoms with Gasteiger partial charge in [-0.25, -0.2) is 9.37 Å². The van der Waals surface area contributed by atoms with Crippen molar-refractivity contribution in [3.63, 3.8) is 0 Å². The third kappa shape index (κ3) is 4.72. The predicted octanol–water partition coefficient (Wildman–Crippen LogP) is 4.49. The van der Waals surface area contributed by atoms with Crippen molar-refractivity contribution in [3.8, 4) is 16.9 Å². The zero-order chi connectivity index (χ0) is 22.7. The number of hydrogen-bond donors (Lipinski definition) is 1. The van der Waals surface area contributed by atoms with E-state index in [0.717, 1.165) is 59.6 Å². The minimum atomic E-state index is -0.731. The van der Waals surface area contributed by atoms with Gasteiger partial charge in [0.05, 0.1) is 35.0 Å². The lowest BCUT2D eigenvalue weighted by atomic mass is 10.0. The first-order chi connectivity index (χ1) is 15.5. The van der Waals surface area contributed by atoms with Gasteiger partial charge < -0.3 is 9.67 Å². The van der Waals surface area contributed by atoms with Crippen LogP contribution in [0.5, 0.6) is 0 Å². The zero-order valence-electron chi connectivity index (χ0n) is 18.6. The van der Waals surface area contributed by atoms with Crippen LogP contribution in [0.4, 0.5) is 4.39 Å². The Bertz CT molecular complexity index is 1110. The lowest BCUT2D eigenvalue weighted by Gasteiger charge is -2.36.